The summed E-state index contributed by atoms with van der Waals surface area (Å²) in [5, 5.41) is 10.8. The molecule has 2 amide bonds. The molecule has 1 atom stereocenters. The Labute approximate surface area is 142 Å². The number of aromatic nitrogens is 4. The van der Waals surface area contributed by atoms with E-state index < -0.39 is 0 Å². The summed E-state index contributed by atoms with van der Waals surface area (Å²) >= 11 is 1.41. The van der Waals surface area contributed by atoms with Gasteiger partial charge in [-0.3, -0.25) is 5.32 Å². The molecule has 0 spiro atoms. The van der Waals surface area contributed by atoms with Crippen LogP contribution in [0, 0.1) is 0 Å². The standard InChI is InChI=1S/C16H16N6OS/c23-16(20-12-7-4-8-22-14(12)17-9-19-22)21-15-13(18-10-24-15)11-5-2-1-3-6-11/h1-3,5-6,9-10,12H,4,7-8H2,(H2,20,21,23). The molecule has 0 fully saturated rings. The smallest absolute Gasteiger partial charge is 0.320 e. The third kappa shape index (κ3) is 2.88. The van der Waals surface area contributed by atoms with Gasteiger partial charge in [-0.05, 0) is 12.8 Å². The predicted octanol–water partition coefficient (Wildman–Crippen LogP) is 3.06. The number of carbonyl (C=O) groups excluding carboxylic acids is 1. The van der Waals surface area contributed by atoms with Crippen molar-refractivity contribution >= 4 is 22.4 Å². The minimum Gasteiger partial charge on any atom is -0.328 e. The third-order valence-corrected chi connectivity index (χ3v) is 4.71. The van der Waals surface area contributed by atoms with E-state index in [9.17, 15) is 4.79 Å². The number of fused-ring (bicyclic) bond motifs is 1. The number of hydrogen-bond donors (Lipinski definition) is 2. The topological polar surface area (TPSA) is 84.7 Å². The van der Waals surface area contributed by atoms with Crippen molar-refractivity contribution in [2.45, 2.75) is 25.4 Å². The molecule has 1 aromatic carbocycles. The second-order valence-corrected chi connectivity index (χ2v) is 6.39. The first-order valence-electron chi connectivity index (χ1n) is 7.75. The highest BCUT2D eigenvalue weighted by molar-refractivity contribution is 7.14. The van der Waals surface area contributed by atoms with E-state index >= 15 is 0 Å². The molecule has 2 aromatic heterocycles. The average molecular weight is 340 g/mol. The molecule has 24 heavy (non-hydrogen) atoms. The Morgan fingerprint density at radius 1 is 1.25 bits per heavy atom. The zero-order valence-corrected chi connectivity index (χ0v) is 13.7. The number of amides is 2. The Balaban J connectivity index is 1.48. The number of hydrogen-bond acceptors (Lipinski definition) is 5. The van der Waals surface area contributed by atoms with E-state index in [2.05, 4.69) is 25.7 Å². The number of urea groups is 1. The summed E-state index contributed by atoms with van der Waals surface area (Å²) < 4.78 is 1.84. The Morgan fingerprint density at radius 3 is 3.00 bits per heavy atom. The summed E-state index contributed by atoms with van der Waals surface area (Å²) in [4.78, 5) is 21.0. The van der Waals surface area contributed by atoms with Crippen LogP contribution in [0.5, 0.6) is 0 Å². The van der Waals surface area contributed by atoms with Gasteiger partial charge in [-0.2, -0.15) is 5.10 Å². The lowest BCUT2D eigenvalue weighted by Gasteiger charge is -2.23. The van der Waals surface area contributed by atoms with E-state index in [4.69, 9.17) is 0 Å². The van der Waals surface area contributed by atoms with Crippen molar-refractivity contribution in [1.29, 1.82) is 0 Å². The number of aryl methyl sites for hydroxylation is 1. The molecule has 0 aliphatic carbocycles. The lowest BCUT2D eigenvalue weighted by molar-refractivity contribution is 0.244. The van der Waals surface area contributed by atoms with E-state index in [0.717, 1.165) is 41.5 Å². The molecule has 7 nitrogen and oxygen atoms in total. The van der Waals surface area contributed by atoms with Gasteiger partial charge in [0.25, 0.3) is 0 Å². The molecule has 1 aliphatic rings. The van der Waals surface area contributed by atoms with Crippen LogP contribution < -0.4 is 10.6 Å². The fourth-order valence-electron chi connectivity index (χ4n) is 2.86. The van der Waals surface area contributed by atoms with Gasteiger partial charge in [-0.25, -0.2) is 19.4 Å². The van der Waals surface area contributed by atoms with Crippen LogP contribution in [0.3, 0.4) is 0 Å². The van der Waals surface area contributed by atoms with E-state index in [1.54, 1.807) is 5.51 Å². The lowest BCUT2D eigenvalue weighted by Crippen LogP contribution is -2.36. The van der Waals surface area contributed by atoms with Gasteiger partial charge in [-0.1, -0.05) is 30.3 Å². The van der Waals surface area contributed by atoms with Crippen LogP contribution in [0.15, 0.2) is 42.2 Å². The molecule has 4 rings (SSSR count). The zero-order chi connectivity index (χ0) is 16.4. The maximum atomic E-state index is 12.4. The maximum absolute atomic E-state index is 12.4. The molecule has 0 radical (unpaired) electrons. The summed E-state index contributed by atoms with van der Waals surface area (Å²) in [7, 11) is 0. The number of anilines is 1. The summed E-state index contributed by atoms with van der Waals surface area (Å²) in [5.74, 6) is 0.809. The molecule has 122 valence electrons. The van der Waals surface area contributed by atoms with Gasteiger partial charge in [0, 0.05) is 12.1 Å². The lowest BCUT2D eigenvalue weighted by atomic mass is 10.1. The Bertz CT molecular complexity index is 843. The molecular weight excluding hydrogens is 324 g/mol. The number of nitrogens with one attached hydrogen (secondary N) is 2. The third-order valence-electron chi connectivity index (χ3n) is 3.97. The van der Waals surface area contributed by atoms with E-state index in [1.165, 1.54) is 17.7 Å². The van der Waals surface area contributed by atoms with Crippen LogP contribution in [0.25, 0.3) is 11.3 Å². The fraction of sp³-hybridized carbons (Fsp3) is 0.250. The summed E-state index contributed by atoms with van der Waals surface area (Å²) in [6, 6.07) is 9.44. The van der Waals surface area contributed by atoms with Crippen LogP contribution in [0.2, 0.25) is 0 Å². The van der Waals surface area contributed by atoms with E-state index in [-0.39, 0.29) is 12.1 Å². The quantitative estimate of drug-likeness (QED) is 0.767. The van der Waals surface area contributed by atoms with Crippen molar-refractivity contribution in [2.24, 2.45) is 0 Å². The van der Waals surface area contributed by atoms with Gasteiger partial charge in [0.2, 0.25) is 0 Å². The number of rotatable bonds is 3. The monoisotopic (exact) mass is 340 g/mol. The molecule has 0 saturated carbocycles. The molecule has 2 N–H and O–H groups in total. The minimum absolute atomic E-state index is 0.116. The number of nitrogens with zero attached hydrogens (tertiary/aromatic N) is 4. The van der Waals surface area contributed by atoms with Gasteiger partial charge in [0.1, 0.15) is 22.8 Å². The van der Waals surface area contributed by atoms with Gasteiger partial charge in [0.05, 0.1) is 11.6 Å². The molecule has 3 heterocycles. The van der Waals surface area contributed by atoms with Gasteiger partial charge >= 0.3 is 6.03 Å². The van der Waals surface area contributed by atoms with Crippen molar-refractivity contribution in [2.75, 3.05) is 5.32 Å². The van der Waals surface area contributed by atoms with Crippen LogP contribution in [0.4, 0.5) is 9.80 Å². The molecule has 1 unspecified atom stereocenters. The maximum Gasteiger partial charge on any atom is 0.320 e. The van der Waals surface area contributed by atoms with Gasteiger partial charge in [-0.15, -0.1) is 11.3 Å². The number of thiazole rings is 1. The SMILES string of the molecule is O=C(Nc1scnc1-c1ccccc1)NC1CCCn2ncnc21. The predicted molar refractivity (Wildman–Crippen MR) is 91.7 cm³/mol. The van der Waals surface area contributed by atoms with Gasteiger partial charge in [0.15, 0.2) is 0 Å². The van der Waals surface area contributed by atoms with Crippen molar-refractivity contribution in [3.05, 3.63) is 48.0 Å². The fourth-order valence-corrected chi connectivity index (χ4v) is 3.56. The molecular formula is C16H16N6OS. The zero-order valence-electron chi connectivity index (χ0n) is 12.8. The molecule has 3 aromatic rings. The molecule has 0 bridgehead atoms. The summed E-state index contributed by atoms with van der Waals surface area (Å²) in [5.41, 5.74) is 3.49. The minimum atomic E-state index is -0.252. The number of carbonyl (C=O) groups is 1. The second-order valence-electron chi connectivity index (χ2n) is 5.53. The van der Waals surface area contributed by atoms with Crippen LogP contribution in [-0.2, 0) is 6.54 Å². The number of benzene rings is 1. The van der Waals surface area contributed by atoms with Crippen LogP contribution >= 0.6 is 11.3 Å². The first-order chi connectivity index (χ1) is 11.8. The highest BCUT2D eigenvalue weighted by Gasteiger charge is 2.24. The van der Waals surface area contributed by atoms with Crippen LogP contribution in [0.1, 0.15) is 24.7 Å². The molecule has 8 heteroatoms. The van der Waals surface area contributed by atoms with Crippen molar-refractivity contribution < 1.29 is 4.79 Å². The van der Waals surface area contributed by atoms with Crippen molar-refractivity contribution in [1.82, 2.24) is 25.1 Å². The normalized spacial score (nSPS) is 16.4. The van der Waals surface area contributed by atoms with Crippen LogP contribution in [-0.4, -0.2) is 25.8 Å². The highest BCUT2D eigenvalue weighted by Crippen LogP contribution is 2.30. The largest absolute Gasteiger partial charge is 0.328 e. The van der Waals surface area contributed by atoms with Crippen molar-refractivity contribution in [3.63, 3.8) is 0 Å². The summed E-state index contributed by atoms with van der Waals surface area (Å²) in [6.45, 7) is 0.849. The highest BCUT2D eigenvalue weighted by atomic mass is 32.1. The summed E-state index contributed by atoms with van der Waals surface area (Å²) in [6.07, 6.45) is 3.36. The Morgan fingerprint density at radius 2 is 2.12 bits per heavy atom. The first-order valence-corrected chi connectivity index (χ1v) is 8.63. The first kappa shape index (κ1) is 14.8. The second kappa shape index (κ2) is 6.40. The van der Waals surface area contributed by atoms with E-state index in [0.29, 0.717) is 0 Å². The molecule has 0 saturated heterocycles. The average Bonchev–Trinajstić information content (AvgIpc) is 3.25. The molecule has 1 aliphatic heterocycles. The van der Waals surface area contributed by atoms with Gasteiger partial charge < -0.3 is 5.32 Å². The van der Waals surface area contributed by atoms with Crippen molar-refractivity contribution in [3.8, 4) is 11.3 Å². The Hall–Kier alpha value is -2.74. The Kier molecular flexibility index (Phi) is 3.96. The van der Waals surface area contributed by atoms with E-state index in [1.807, 2.05) is 35.0 Å².